The van der Waals surface area contributed by atoms with Gasteiger partial charge in [-0.15, -0.1) is 0 Å². The van der Waals surface area contributed by atoms with Crippen molar-refractivity contribution in [1.29, 1.82) is 0 Å². The maximum Gasteiger partial charge on any atom is 0.410 e. The molecule has 0 bridgehead atoms. The van der Waals surface area contributed by atoms with Gasteiger partial charge in [0, 0.05) is 18.6 Å². The molecule has 0 radical (unpaired) electrons. The van der Waals surface area contributed by atoms with E-state index in [1.165, 1.54) is 7.11 Å². The first-order valence-corrected chi connectivity index (χ1v) is 8.95. The summed E-state index contributed by atoms with van der Waals surface area (Å²) >= 11 is 0. The van der Waals surface area contributed by atoms with Crippen molar-refractivity contribution in [3.63, 3.8) is 0 Å². The molecule has 6 heteroatoms. The van der Waals surface area contributed by atoms with E-state index in [9.17, 15) is 9.59 Å². The molecule has 0 spiro atoms. The predicted molar refractivity (Wildman–Crippen MR) is 91.8 cm³/mol. The third kappa shape index (κ3) is 4.62. The number of piperidine rings is 2. The monoisotopic (exact) mass is 340 g/mol. The fourth-order valence-corrected chi connectivity index (χ4v) is 3.64. The van der Waals surface area contributed by atoms with Crippen LogP contribution < -0.4 is 0 Å². The maximum atomic E-state index is 12.2. The summed E-state index contributed by atoms with van der Waals surface area (Å²) in [6.07, 6.45) is 3.38. The molecular weight excluding hydrogens is 308 g/mol. The van der Waals surface area contributed by atoms with Gasteiger partial charge < -0.3 is 14.4 Å². The zero-order valence-corrected chi connectivity index (χ0v) is 15.8. The van der Waals surface area contributed by atoms with Crippen molar-refractivity contribution in [1.82, 2.24) is 9.80 Å². The van der Waals surface area contributed by atoms with Gasteiger partial charge in [-0.05, 0) is 66.5 Å². The third-order valence-corrected chi connectivity index (χ3v) is 5.29. The molecule has 0 N–H and O–H groups in total. The lowest BCUT2D eigenvalue weighted by molar-refractivity contribution is -0.147. The Morgan fingerprint density at radius 1 is 1.04 bits per heavy atom. The smallest absolute Gasteiger partial charge is 0.410 e. The number of nitrogens with zero attached hydrogens (tertiary/aromatic N) is 2. The highest BCUT2D eigenvalue weighted by Gasteiger charge is 2.40. The summed E-state index contributed by atoms with van der Waals surface area (Å²) in [7, 11) is 1.46. The van der Waals surface area contributed by atoms with E-state index in [0.29, 0.717) is 0 Å². The molecule has 0 atom stereocenters. The number of hydrogen-bond donors (Lipinski definition) is 0. The van der Waals surface area contributed by atoms with Crippen molar-refractivity contribution >= 4 is 12.1 Å². The molecule has 0 aromatic rings. The minimum absolute atomic E-state index is 0.0386. The fourth-order valence-electron chi connectivity index (χ4n) is 3.64. The van der Waals surface area contributed by atoms with E-state index in [4.69, 9.17) is 9.47 Å². The van der Waals surface area contributed by atoms with Crippen LogP contribution in [-0.2, 0) is 14.3 Å². The zero-order valence-electron chi connectivity index (χ0n) is 15.8. The van der Waals surface area contributed by atoms with Gasteiger partial charge in [-0.1, -0.05) is 0 Å². The molecule has 0 unspecified atom stereocenters. The number of amides is 1. The predicted octanol–water partition coefficient (Wildman–Crippen LogP) is 2.66. The van der Waals surface area contributed by atoms with Crippen LogP contribution in [-0.4, -0.2) is 66.3 Å². The Labute approximate surface area is 145 Å². The Bertz CT molecular complexity index is 456. The van der Waals surface area contributed by atoms with E-state index in [1.54, 1.807) is 0 Å². The average molecular weight is 340 g/mol. The van der Waals surface area contributed by atoms with Gasteiger partial charge in [-0.3, -0.25) is 9.69 Å². The summed E-state index contributed by atoms with van der Waals surface area (Å²) in [5, 5.41) is 0. The van der Waals surface area contributed by atoms with Crippen molar-refractivity contribution in [2.45, 2.75) is 64.5 Å². The Hall–Kier alpha value is -1.30. The molecule has 2 aliphatic heterocycles. The van der Waals surface area contributed by atoms with E-state index in [2.05, 4.69) is 11.8 Å². The molecule has 24 heavy (non-hydrogen) atoms. The van der Waals surface area contributed by atoms with Crippen LogP contribution in [0.3, 0.4) is 0 Å². The lowest BCUT2D eigenvalue weighted by Crippen LogP contribution is -2.57. The number of rotatable bonds is 2. The second-order valence-corrected chi connectivity index (χ2v) is 8.25. The number of ether oxygens (including phenoxy) is 2. The first-order valence-electron chi connectivity index (χ1n) is 8.95. The lowest BCUT2D eigenvalue weighted by Gasteiger charge is -2.48. The Morgan fingerprint density at radius 2 is 1.58 bits per heavy atom. The molecule has 0 aromatic carbocycles. The lowest BCUT2D eigenvalue weighted by atomic mass is 9.84. The van der Waals surface area contributed by atoms with Crippen LogP contribution in [0.15, 0.2) is 0 Å². The first kappa shape index (κ1) is 19.0. The fraction of sp³-hybridized carbons (Fsp3) is 0.889. The summed E-state index contributed by atoms with van der Waals surface area (Å²) in [6.45, 7) is 11.2. The van der Waals surface area contributed by atoms with Crippen LogP contribution >= 0.6 is 0 Å². The Morgan fingerprint density at radius 3 is 2.04 bits per heavy atom. The van der Waals surface area contributed by atoms with E-state index >= 15 is 0 Å². The van der Waals surface area contributed by atoms with E-state index in [1.807, 2.05) is 25.7 Å². The molecule has 0 aromatic heterocycles. The molecule has 2 rings (SSSR count). The Balaban J connectivity index is 1.84. The van der Waals surface area contributed by atoms with Gasteiger partial charge in [0.2, 0.25) is 0 Å². The number of esters is 1. The summed E-state index contributed by atoms with van der Waals surface area (Å²) in [5.74, 6) is -0.0451. The quantitative estimate of drug-likeness (QED) is 0.723. The van der Waals surface area contributed by atoms with Crippen molar-refractivity contribution in [2.24, 2.45) is 5.92 Å². The molecule has 0 saturated carbocycles. The molecule has 138 valence electrons. The highest BCUT2D eigenvalue weighted by molar-refractivity contribution is 5.72. The molecule has 2 fully saturated rings. The van der Waals surface area contributed by atoms with Crippen LogP contribution in [0.25, 0.3) is 0 Å². The Kier molecular flexibility index (Phi) is 5.78. The minimum Gasteiger partial charge on any atom is -0.469 e. The molecule has 6 nitrogen and oxygen atoms in total. The van der Waals surface area contributed by atoms with Crippen LogP contribution in [0.1, 0.15) is 53.4 Å². The van der Waals surface area contributed by atoms with E-state index in [0.717, 1.165) is 51.9 Å². The average Bonchev–Trinajstić information content (AvgIpc) is 2.53. The zero-order chi connectivity index (χ0) is 18.0. The molecule has 0 aliphatic carbocycles. The highest BCUT2D eigenvalue weighted by Crippen LogP contribution is 2.33. The summed E-state index contributed by atoms with van der Waals surface area (Å²) < 4.78 is 10.3. The number of carbonyl (C=O) groups is 2. The molecular formula is C18H32N2O4. The molecule has 2 aliphatic rings. The SMILES string of the molecule is COC(=O)C1CCN(C2(C)CCN(C(=O)OC(C)(C)C)CC2)CC1. The normalized spacial score (nSPS) is 23.0. The standard InChI is InChI=1S/C18H32N2O4/c1-17(2,3)24-16(22)19-12-8-18(4,9-13-19)20-10-6-14(7-11-20)15(21)23-5/h14H,6-13H2,1-5H3. The van der Waals surface area contributed by atoms with Gasteiger partial charge in [-0.2, -0.15) is 0 Å². The number of likely N-dealkylation sites (tertiary alicyclic amines) is 2. The van der Waals surface area contributed by atoms with Crippen LogP contribution in [0.2, 0.25) is 0 Å². The van der Waals surface area contributed by atoms with E-state index < -0.39 is 5.60 Å². The molecule has 1 amide bonds. The van der Waals surface area contributed by atoms with Gasteiger partial charge in [0.15, 0.2) is 0 Å². The minimum atomic E-state index is -0.451. The van der Waals surface area contributed by atoms with Crippen molar-refractivity contribution in [3.05, 3.63) is 0 Å². The van der Waals surface area contributed by atoms with E-state index in [-0.39, 0.29) is 23.5 Å². The van der Waals surface area contributed by atoms with Crippen molar-refractivity contribution in [3.8, 4) is 0 Å². The van der Waals surface area contributed by atoms with Gasteiger partial charge in [0.1, 0.15) is 5.60 Å². The van der Waals surface area contributed by atoms with Crippen LogP contribution in [0.4, 0.5) is 4.79 Å². The van der Waals surface area contributed by atoms with Gasteiger partial charge in [-0.25, -0.2) is 4.79 Å². The largest absolute Gasteiger partial charge is 0.469 e. The number of hydrogen-bond acceptors (Lipinski definition) is 5. The van der Waals surface area contributed by atoms with Crippen LogP contribution in [0.5, 0.6) is 0 Å². The summed E-state index contributed by atoms with van der Waals surface area (Å²) in [6, 6.07) is 0. The maximum absolute atomic E-state index is 12.2. The first-order chi connectivity index (χ1) is 11.1. The van der Waals surface area contributed by atoms with Crippen molar-refractivity contribution in [2.75, 3.05) is 33.3 Å². The van der Waals surface area contributed by atoms with Crippen LogP contribution in [0, 0.1) is 5.92 Å². The van der Waals surface area contributed by atoms with Gasteiger partial charge in [0.25, 0.3) is 0 Å². The third-order valence-electron chi connectivity index (χ3n) is 5.29. The topological polar surface area (TPSA) is 59.1 Å². The number of methoxy groups -OCH3 is 1. The summed E-state index contributed by atoms with van der Waals surface area (Å²) in [4.78, 5) is 28.2. The van der Waals surface area contributed by atoms with Gasteiger partial charge in [0.05, 0.1) is 13.0 Å². The summed E-state index contributed by atoms with van der Waals surface area (Å²) in [5.41, 5.74) is -0.354. The number of carbonyl (C=O) groups excluding carboxylic acids is 2. The van der Waals surface area contributed by atoms with Crippen molar-refractivity contribution < 1.29 is 19.1 Å². The second kappa shape index (κ2) is 7.30. The second-order valence-electron chi connectivity index (χ2n) is 8.25. The van der Waals surface area contributed by atoms with Gasteiger partial charge >= 0.3 is 12.1 Å². The molecule has 2 heterocycles. The molecule has 2 saturated heterocycles. The highest BCUT2D eigenvalue weighted by atomic mass is 16.6.